The molecule has 26 heavy (non-hydrogen) atoms. The lowest BCUT2D eigenvalue weighted by atomic mass is 10.1. The third-order valence-corrected chi connectivity index (χ3v) is 6.91. The van der Waals surface area contributed by atoms with E-state index in [0.717, 1.165) is 15.7 Å². The fourth-order valence-corrected chi connectivity index (χ4v) is 5.32. The van der Waals surface area contributed by atoms with Crippen molar-refractivity contribution in [3.05, 3.63) is 44.6 Å². The Morgan fingerprint density at radius 1 is 1.42 bits per heavy atom. The summed E-state index contributed by atoms with van der Waals surface area (Å²) in [5, 5.41) is 7.22. The number of amides is 1. The lowest BCUT2D eigenvalue weighted by Gasteiger charge is -2.25. The molecule has 1 aromatic heterocycles. The Labute approximate surface area is 165 Å². The van der Waals surface area contributed by atoms with Crippen LogP contribution in [0.4, 0.5) is 5.69 Å². The van der Waals surface area contributed by atoms with E-state index in [1.54, 1.807) is 28.4 Å². The highest BCUT2D eigenvalue weighted by atomic mass is 79.9. The molecule has 1 atom stereocenters. The van der Waals surface area contributed by atoms with Crippen molar-refractivity contribution in [2.24, 2.45) is 5.14 Å². The van der Waals surface area contributed by atoms with E-state index in [0.29, 0.717) is 13.0 Å². The van der Waals surface area contributed by atoms with Crippen LogP contribution in [0.5, 0.6) is 0 Å². The zero-order chi connectivity index (χ0) is 19.1. The van der Waals surface area contributed by atoms with Crippen molar-refractivity contribution >= 4 is 48.9 Å². The second kappa shape index (κ2) is 7.40. The highest BCUT2D eigenvalue weighted by Gasteiger charge is 2.32. The Balaban J connectivity index is 1.74. The summed E-state index contributed by atoms with van der Waals surface area (Å²) < 4.78 is 24.1. The van der Waals surface area contributed by atoms with Crippen LogP contribution in [0, 0.1) is 0 Å². The monoisotopic (exact) mass is 457 g/mol. The predicted molar refractivity (Wildman–Crippen MR) is 107 cm³/mol. The maximum Gasteiger partial charge on any atom is 0.241 e. The molecule has 2 heterocycles. The van der Waals surface area contributed by atoms with E-state index in [1.165, 1.54) is 10.9 Å². The lowest BCUT2D eigenvalue weighted by molar-refractivity contribution is -0.119. The van der Waals surface area contributed by atoms with E-state index in [-0.39, 0.29) is 23.4 Å². The summed E-state index contributed by atoms with van der Waals surface area (Å²) in [5.74, 6) is -0.00210. The molecule has 1 aliphatic heterocycles. The van der Waals surface area contributed by atoms with Gasteiger partial charge in [0.05, 0.1) is 11.4 Å². The van der Waals surface area contributed by atoms with Crippen LogP contribution in [0.2, 0.25) is 0 Å². The summed E-state index contributed by atoms with van der Waals surface area (Å²) in [6.07, 6.45) is 0.617. The zero-order valence-corrected chi connectivity index (χ0v) is 17.7. The minimum Gasteiger partial charge on any atom is -0.308 e. The molecule has 6 nitrogen and oxygen atoms in total. The molecule has 2 aromatic rings. The first kappa shape index (κ1) is 19.5. The van der Waals surface area contributed by atoms with Gasteiger partial charge in [0.2, 0.25) is 15.9 Å². The summed E-state index contributed by atoms with van der Waals surface area (Å²) in [6.45, 7) is 2.95. The summed E-state index contributed by atoms with van der Waals surface area (Å²) in [4.78, 5) is 17.8. The number of halogens is 1. The van der Waals surface area contributed by atoms with Crippen molar-refractivity contribution in [1.29, 1.82) is 0 Å². The van der Waals surface area contributed by atoms with E-state index in [4.69, 9.17) is 5.14 Å². The first-order valence-electron chi connectivity index (χ1n) is 8.04. The van der Waals surface area contributed by atoms with Gasteiger partial charge in [-0.25, -0.2) is 13.6 Å². The molecule has 1 aliphatic rings. The number of nitrogens with two attached hydrogens (primary N) is 1. The van der Waals surface area contributed by atoms with Gasteiger partial charge in [0.25, 0.3) is 0 Å². The Hall–Kier alpha value is -1.26. The number of rotatable bonds is 5. The summed E-state index contributed by atoms with van der Waals surface area (Å²) in [7, 11) is -1.83. The quantitative estimate of drug-likeness (QED) is 0.747. The van der Waals surface area contributed by atoms with Gasteiger partial charge in [-0.1, -0.05) is 0 Å². The topological polar surface area (TPSA) is 83.7 Å². The molecule has 0 aliphatic carbocycles. The molecule has 1 amide bonds. The standard InChI is InChI=1S/C17H20BrN3O3S2/c1-11-5-12-6-15(26(19,23)24)3-4-16(12)21(11)17(22)9-20(2)8-14-7-13(18)10-25-14/h3-4,6-7,10-11H,5,8-9H2,1-2H3,(H2,19,23,24). The largest absolute Gasteiger partial charge is 0.308 e. The molecule has 0 radical (unpaired) electrons. The summed E-state index contributed by atoms with van der Waals surface area (Å²) in [6, 6.07) is 6.74. The van der Waals surface area contributed by atoms with Crippen LogP contribution in [0.25, 0.3) is 0 Å². The number of fused-ring (bicyclic) bond motifs is 1. The number of sulfonamides is 1. The third kappa shape index (κ3) is 4.17. The lowest BCUT2D eigenvalue weighted by Crippen LogP contribution is -2.41. The number of carbonyl (C=O) groups is 1. The average Bonchev–Trinajstić information content (AvgIpc) is 3.07. The van der Waals surface area contributed by atoms with Crippen molar-refractivity contribution in [1.82, 2.24) is 4.90 Å². The van der Waals surface area contributed by atoms with E-state index in [2.05, 4.69) is 15.9 Å². The molecule has 0 spiro atoms. The highest BCUT2D eigenvalue weighted by molar-refractivity contribution is 9.10. The van der Waals surface area contributed by atoms with Crippen LogP contribution < -0.4 is 10.0 Å². The minimum absolute atomic E-state index is 0.00210. The van der Waals surface area contributed by atoms with Crippen LogP contribution in [0.1, 0.15) is 17.4 Å². The molecule has 0 saturated heterocycles. The van der Waals surface area contributed by atoms with Crippen molar-refractivity contribution in [2.45, 2.75) is 30.8 Å². The van der Waals surface area contributed by atoms with Gasteiger partial charge < -0.3 is 4.90 Å². The van der Waals surface area contributed by atoms with Crippen molar-refractivity contribution in [2.75, 3.05) is 18.5 Å². The number of anilines is 1. The molecular weight excluding hydrogens is 438 g/mol. The van der Waals surface area contributed by atoms with Crippen LogP contribution in [-0.4, -0.2) is 38.9 Å². The highest BCUT2D eigenvalue weighted by Crippen LogP contribution is 2.34. The first-order chi connectivity index (χ1) is 12.1. The number of primary sulfonamides is 1. The van der Waals surface area contributed by atoms with Crippen LogP contribution >= 0.6 is 27.3 Å². The number of likely N-dealkylation sites (N-methyl/N-ethyl adjacent to an activating group) is 1. The maximum atomic E-state index is 12.8. The SMILES string of the molecule is CC1Cc2cc(S(N)(=O)=O)ccc2N1C(=O)CN(C)Cc1cc(Br)cs1. The smallest absolute Gasteiger partial charge is 0.241 e. The van der Waals surface area contributed by atoms with E-state index >= 15 is 0 Å². The number of carbonyl (C=O) groups excluding carboxylic acids is 1. The molecule has 2 N–H and O–H groups in total. The first-order valence-corrected chi connectivity index (χ1v) is 11.3. The van der Waals surface area contributed by atoms with Gasteiger partial charge >= 0.3 is 0 Å². The Morgan fingerprint density at radius 3 is 2.77 bits per heavy atom. The minimum atomic E-state index is -3.75. The van der Waals surface area contributed by atoms with Gasteiger partial charge in [0.1, 0.15) is 0 Å². The van der Waals surface area contributed by atoms with Crippen LogP contribution in [0.15, 0.2) is 39.0 Å². The molecule has 0 bridgehead atoms. The van der Waals surface area contributed by atoms with Crippen LogP contribution in [-0.2, 0) is 27.8 Å². The summed E-state index contributed by atoms with van der Waals surface area (Å²) in [5.41, 5.74) is 1.60. The Morgan fingerprint density at radius 2 is 2.15 bits per heavy atom. The zero-order valence-electron chi connectivity index (χ0n) is 14.5. The fourth-order valence-electron chi connectivity index (χ4n) is 3.23. The molecule has 0 fully saturated rings. The molecule has 140 valence electrons. The van der Waals surface area contributed by atoms with E-state index in [9.17, 15) is 13.2 Å². The van der Waals surface area contributed by atoms with Gasteiger partial charge in [-0.2, -0.15) is 0 Å². The predicted octanol–water partition coefficient (Wildman–Crippen LogP) is 2.57. The van der Waals surface area contributed by atoms with Crippen molar-refractivity contribution in [3.63, 3.8) is 0 Å². The van der Waals surface area contributed by atoms with Gasteiger partial charge in [0.15, 0.2) is 0 Å². The van der Waals surface area contributed by atoms with Crippen LogP contribution in [0.3, 0.4) is 0 Å². The maximum absolute atomic E-state index is 12.8. The van der Waals surface area contributed by atoms with Crippen molar-refractivity contribution < 1.29 is 13.2 Å². The average molecular weight is 458 g/mol. The van der Waals surface area contributed by atoms with Gasteiger partial charge in [-0.05, 0) is 66.2 Å². The molecule has 3 rings (SSSR count). The Kier molecular flexibility index (Phi) is 5.55. The van der Waals surface area contributed by atoms with Gasteiger partial charge in [-0.15, -0.1) is 11.3 Å². The number of thiophene rings is 1. The Bertz CT molecular complexity index is 942. The van der Waals surface area contributed by atoms with Gasteiger partial charge in [-0.3, -0.25) is 9.69 Å². The second-order valence-electron chi connectivity index (χ2n) is 6.56. The number of nitrogens with zero attached hydrogens (tertiary/aromatic N) is 2. The van der Waals surface area contributed by atoms with E-state index < -0.39 is 10.0 Å². The van der Waals surface area contributed by atoms with Crippen molar-refractivity contribution in [3.8, 4) is 0 Å². The van der Waals surface area contributed by atoms with E-state index in [1.807, 2.05) is 30.3 Å². The molecular formula is C17H20BrN3O3S2. The molecule has 1 unspecified atom stereocenters. The number of hydrogen-bond donors (Lipinski definition) is 1. The number of hydrogen-bond acceptors (Lipinski definition) is 5. The second-order valence-corrected chi connectivity index (χ2v) is 10.0. The fraction of sp³-hybridized carbons (Fsp3) is 0.353. The molecule has 0 saturated carbocycles. The molecule has 1 aromatic carbocycles. The molecule has 9 heteroatoms. The normalized spacial score (nSPS) is 17.0. The van der Waals surface area contributed by atoms with Gasteiger partial charge in [0, 0.05) is 33.0 Å². The number of benzene rings is 1. The third-order valence-electron chi connectivity index (χ3n) is 4.32. The summed E-state index contributed by atoms with van der Waals surface area (Å²) >= 11 is 5.09.